The molecular weight excluding hydrogens is 495 g/mol. The van der Waals surface area contributed by atoms with Gasteiger partial charge in [-0.25, -0.2) is 0 Å². The number of amides is 2. The quantitative estimate of drug-likeness (QED) is 0.291. The molecule has 5 N–H and O–H groups in total. The molecule has 1 unspecified atom stereocenters. The standard InChI is InChI=1S/C25H23ClF3N5O2/c1-3-30-25(23(36)32-19-10-6-9-18(26)14(19)2)33-20-12-11-15(13-21(20)34-25)31-22(35)16-7-4-5-8-17(16)24(27,28)29/h4-13,30,33-34H,3H2,1-2H3,(H,31,35)(H,32,36). The molecule has 0 fully saturated rings. The van der Waals surface area contributed by atoms with Crippen LogP contribution in [0.5, 0.6) is 0 Å². The molecule has 36 heavy (non-hydrogen) atoms. The first-order chi connectivity index (χ1) is 17.0. The van der Waals surface area contributed by atoms with Crippen LogP contribution in [0.15, 0.2) is 60.7 Å². The summed E-state index contributed by atoms with van der Waals surface area (Å²) in [5.41, 5.74) is 1.01. The minimum Gasteiger partial charge on any atom is -0.341 e. The third-order valence-electron chi connectivity index (χ3n) is 5.70. The second kappa shape index (κ2) is 9.71. The van der Waals surface area contributed by atoms with Gasteiger partial charge in [-0.05, 0) is 61.5 Å². The van der Waals surface area contributed by atoms with Crippen molar-refractivity contribution >= 4 is 46.2 Å². The largest absolute Gasteiger partial charge is 0.417 e. The molecule has 7 nitrogen and oxygen atoms in total. The number of benzene rings is 3. The van der Waals surface area contributed by atoms with Crippen molar-refractivity contribution in [2.75, 3.05) is 27.8 Å². The monoisotopic (exact) mass is 517 g/mol. The predicted molar refractivity (Wildman–Crippen MR) is 134 cm³/mol. The lowest BCUT2D eigenvalue weighted by molar-refractivity contribution is -0.137. The first-order valence-electron chi connectivity index (χ1n) is 11.0. The number of anilines is 4. The molecule has 0 aromatic heterocycles. The number of carbonyl (C=O) groups is 2. The first kappa shape index (κ1) is 25.3. The van der Waals surface area contributed by atoms with E-state index in [1.54, 1.807) is 31.2 Å². The molecule has 0 spiro atoms. The minimum atomic E-state index is -4.67. The predicted octanol–water partition coefficient (Wildman–Crippen LogP) is 5.66. The fourth-order valence-electron chi connectivity index (χ4n) is 3.90. The van der Waals surface area contributed by atoms with Crippen LogP contribution in [0.3, 0.4) is 0 Å². The Labute approximate surface area is 210 Å². The normalized spacial score (nSPS) is 16.5. The van der Waals surface area contributed by atoms with Crippen LogP contribution >= 0.6 is 11.6 Å². The summed E-state index contributed by atoms with van der Waals surface area (Å²) in [4.78, 5) is 26.0. The second-order valence-corrected chi connectivity index (χ2v) is 8.56. The van der Waals surface area contributed by atoms with E-state index in [1.807, 2.05) is 6.92 Å². The molecule has 11 heteroatoms. The minimum absolute atomic E-state index is 0.253. The van der Waals surface area contributed by atoms with E-state index in [1.165, 1.54) is 24.3 Å². The van der Waals surface area contributed by atoms with Gasteiger partial charge in [0.2, 0.25) is 5.79 Å². The van der Waals surface area contributed by atoms with Crippen molar-refractivity contribution in [3.63, 3.8) is 0 Å². The zero-order valence-corrected chi connectivity index (χ0v) is 20.1. The van der Waals surface area contributed by atoms with Crippen LogP contribution in [0.4, 0.5) is 35.9 Å². The number of carbonyl (C=O) groups excluding carboxylic acids is 2. The van der Waals surface area contributed by atoms with Gasteiger partial charge in [0.15, 0.2) is 0 Å². The molecule has 0 radical (unpaired) electrons. The van der Waals surface area contributed by atoms with Crippen LogP contribution in [-0.2, 0) is 11.0 Å². The van der Waals surface area contributed by atoms with Gasteiger partial charge in [-0.3, -0.25) is 14.9 Å². The van der Waals surface area contributed by atoms with Crippen LogP contribution in [0.25, 0.3) is 0 Å². The summed E-state index contributed by atoms with van der Waals surface area (Å²) in [6.07, 6.45) is -4.67. The van der Waals surface area contributed by atoms with Crippen molar-refractivity contribution in [1.29, 1.82) is 0 Å². The highest BCUT2D eigenvalue weighted by molar-refractivity contribution is 6.31. The Bertz CT molecular complexity index is 1330. The zero-order chi connectivity index (χ0) is 26.1. The number of hydrogen-bond acceptors (Lipinski definition) is 5. The van der Waals surface area contributed by atoms with Crippen molar-refractivity contribution < 1.29 is 22.8 Å². The van der Waals surface area contributed by atoms with Gasteiger partial charge in [0.25, 0.3) is 11.8 Å². The Balaban J connectivity index is 1.56. The highest BCUT2D eigenvalue weighted by Crippen LogP contribution is 2.37. The van der Waals surface area contributed by atoms with E-state index in [2.05, 4.69) is 26.6 Å². The molecule has 1 aliphatic heterocycles. The van der Waals surface area contributed by atoms with E-state index in [-0.39, 0.29) is 5.69 Å². The number of halogens is 4. The van der Waals surface area contributed by atoms with Crippen molar-refractivity contribution in [2.24, 2.45) is 0 Å². The van der Waals surface area contributed by atoms with Gasteiger partial charge in [-0.2, -0.15) is 13.2 Å². The summed E-state index contributed by atoms with van der Waals surface area (Å²) in [7, 11) is 0. The van der Waals surface area contributed by atoms with E-state index in [0.717, 1.165) is 12.1 Å². The van der Waals surface area contributed by atoms with Crippen LogP contribution in [-0.4, -0.2) is 24.1 Å². The molecule has 1 heterocycles. The molecule has 0 bridgehead atoms. The molecule has 1 aliphatic rings. The number of alkyl halides is 3. The Hall–Kier alpha value is -3.76. The molecule has 0 saturated heterocycles. The van der Waals surface area contributed by atoms with Crippen LogP contribution in [0.2, 0.25) is 5.02 Å². The molecule has 2 amide bonds. The average molecular weight is 518 g/mol. The molecule has 0 saturated carbocycles. The van der Waals surface area contributed by atoms with Crippen LogP contribution in [0, 0.1) is 6.92 Å². The summed E-state index contributed by atoms with van der Waals surface area (Å²) in [6, 6.07) is 14.4. The fourth-order valence-corrected chi connectivity index (χ4v) is 4.08. The van der Waals surface area contributed by atoms with E-state index >= 15 is 0 Å². The van der Waals surface area contributed by atoms with Gasteiger partial charge in [0.05, 0.1) is 22.5 Å². The van der Waals surface area contributed by atoms with E-state index in [4.69, 9.17) is 11.6 Å². The summed E-state index contributed by atoms with van der Waals surface area (Å²) in [6.45, 7) is 4.04. The van der Waals surface area contributed by atoms with Crippen molar-refractivity contribution in [3.05, 3.63) is 82.4 Å². The summed E-state index contributed by atoms with van der Waals surface area (Å²) in [5, 5.41) is 15.2. The molecular formula is C25H23ClF3N5O2. The van der Waals surface area contributed by atoms with Gasteiger partial charge >= 0.3 is 6.18 Å². The lowest BCUT2D eigenvalue weighted by atomic mass is 10.1. The van der Waals surface area contributed by atoms with Crippen molar-refractivity contribution in [3.8, 4) is 0 Å². The summed E-state index contributed by atoms with van der Waals surface area (Å²) < 4.78 is 39.9. The Morgan fingerprint density at radius 3 is 2.42 bits per heavy atom. The summed E-state index contributed by atoms with van der Waals surface area (Å²) >= 11 is 6.17. The smallest absolute Gasteiger partial charge is 0.341 e. The van der Waals surface area contributed by atoms with E-state index < -0.39 is 34.9 Å². The third-order valence-corrected chi connectivity index (χ3v) is 6.11. The molecule has 3 aromatic rings. The molecule has 4 rings (SSSR count). The summed E-state index contributed by atoms with van der Waals surface area (Å²) in [5.74, 6) is -2.76. The van der Waals surface area contributed by atoms with Crippen molar-refractivity contribution in [2.45, 2.75) is 25.8 Å². The van der Waals surface area contributed by atoms with Gasteiger partial charge < -0.3 is 21.3 Å². The highest BCUT2D eigenvalue weighted by atomic mass is 35.5. The highest BCUT2D eigenvalue weighted by Gasteiger charge is 2.43. The molecule has 188 valence electrons. The number of rotatable bonds is 6. The van der Waals surface area contributed by atoms with Crippen molar-refractivity contribution in [1.82, 2.24) is 5.32 Å². The molecule has 3 aromatic carbocycles. The maximum Gasteiger partial charge on any atom is 0.417 e. The lowest BCUT2D eigenvalue weighted by Gasteiger charge is -2.30. The topological polar surface area (TPSA) is 94.3 Å². The van der Waals surface area contributed by atoms with E-state index in [9.17, 15) is 22.8 Å². The van der Waals surface area contributed by atoms with Gasteiger partial charge in [-0.15, -0.1) is 0 Å². The van der Waals surface area contributed by atoms with Crippen LogP contribution in [0.1, 0.15) is 28.4 Å². The number of nitrogens with one attached hydrogen (secondary N) is 5. The Kier molecular flexibility index (Phi) is 6.83. The zero-order valence-electron chi connectivity index (χ0n) is 19.3. The van der Waals surface area contributed by atoms with Gasteiger partial charge in [0, 0.05) is 16.4 Å². The molecule has 0 aliphatic carbocycles. The lowest BCUT2D eigenvalue weighted by Crippen LogP contribution is -2.63. The second-order valence-electron chi connectivity index (χ2n) is 8.15. The van der Waals surface area contributed by atoms with E-state index in [0.29, 0.717) is 34.2 Å². The van der Waals surface area contributed by atoms with Gasteiger partial charge in [0.1, 0.15) is 0 Å². The fraction of sp³-hybridized carbons (Fsp3) is 0.200. The Morgan fingerprint density at radius 2 is 1.69 bits per heavy atom. The Morgan fingerprint density at radius 1 is 0.972 bits per heavy atom. The average Bonchev–Trinajstić information content (AvgIpc) is 3.20. The van der Waals surface area contributed by atoms with Crippen LogP contribution < -0.4 is 26.6 Å². The SMILES string of the molecule is CCNC1(C(=O)Nc2cccc(Cl)c2C)Nc2ccc(NC(=O)c3ccccc3C(F)(F)F)cc2N1. The number of fused-ring (bicyclic) bond motifs is 1. The third kappa shape index (κ3) is 4.95. The first-order valence-corrected chi connectivity index (χ1v) is 11.4. The van der Waals surface area contributed by atoms with Gasteiger partial charge in [-0.1, -0.05) is 36.7 Å². The number of hydrogen-bond donors (Lipinski definition) is 5. The number of likely N-dealkylation sites (N-methyl/N-ethyl adjacent to an activating group) is 1. The maximum absolute atomic E-state index is 13.3. The molecule has 1 atom stereocenters. The maximum atomic E-state index is 13.3.